The standard InChI is InChI=1S/C24H27BrN2O4/c1-24(2,3)31-23(30)27-14-12-18(13-15-27)26-22(29)20-7-5-4-6-19(20)21(28)16-8-10-17(25)11-9-16/h4-11,18H,12-15H2,1-3H3,(H,26,29). The molecule has 0 spiro atoms. The second-order valence-corrected chi connectivity index (χ2v) is 9.51. The quantitative estimate of drug-likeness (QED) is 0.629. The zero-order valence-electron chi connectivity index (χ0n) is 18.0. The molecule has 1 N–H and O–H groups in total. The molecule has 0 saturated carbocycles. The molecule has 0 bridgehead atoms. The Labute approximate surface area is 191 Å². The maximum Gasteiger partial charge on any atom is 0.410 e. The first kappa shape index (κ1) is 23.0. The van der Waals surface area contributed by atoms with Crippen LogP contribution in [0.3, 0.4) is 0 Å². The molecule has 1 fully saturated rings. The molecular weight excluding hydrogens is 460 g/mol. The molecule has 6 nitrogen and oxygen atoms in total. The molecule has 164 valence electrons. The number of likely N-dealkylation sites (tertiary alicyclic amines) is 1. The monoisotopic (exact) mass is 486 g/mol. The largest absolute Gasteiger partial charge is 0.444 e. The predicted molar refractivity (Wildman–Crippen MR) is 122 cm³/mol. The Bertz CT molecular complexity index is 958. The van der Waals surface area contributed by atoms with Crippen LogP contribution >= 0.6 is 15.9 Å². The van der Waals surface area contributed by atoms with E-state index in [0.717, 1.165) is 4.47 Å². The van der Waals surface area contributed by atoms with E-state index in [2.05, 4.69) is 21.2 Å². The molecule has 31 heavy (non-hydrogen) atoms. The summed E-state index contributed by atoms with van der Waals surface area (Å²) in [5.74, 6) is -0.477. The lowest BCUT2D eigenvalue weighted by molar-refractivity contribution is 0.0199. The van der Waals surface area contributed by atoms with E-state index in [9.17, 15) is 14.4 Å². The van der Waals surface area contributed by atoms with Gasteiger partial charge in [0.1, 0.15) is 5.60 Å². The van der Waals surface area contributed by atoms with E-state index in [1.807, 2.05) is 20.8 Å². The minimum atomic E-state index is -0.534. The fraction of sp³-hybridized carbons (Fsp3) is 0.375. The van der Waals surface area contributed by atoms with Gasteiger partial charge in [-0.15, -0.1) is 0 Å². The number of ketones is 1. The van der Waals surface area contributed by atoms with Crippen molar-refractivity contribution in [2.45, 2.75) is 45.3 Å². The van der Waals surface area contributed by atoms with Gasteiger partial charge in [-0.1, -0.05) is 34.1 Å². The van der Waals surface area contributed by atoms with E-state index < -0.39 is 5.60 Å². The molecule has 0 unspecified atom stereocenters. The number of benzene rings is 2. The number of amides is 2. The van der Waals surface area contributed by atoms with Crippen LogP contribution in [0.15, 0.2) is 53.0 Å². The number of carbonyl (C=O) groups excluding carboxylic acids is 3. The Morgan fingerprint density at radius 2 is 1.55 bits per heavy atom. The Morgan fingerprint density at radius 3 is 2.13 bits per heavy atom. The van der Waals surface area contributed by atoms with E-state index in [4.69, 9.17) is 4.74 Å². The van der Waals surface area contributed by atoms with Crippen molar-refractivity contribution in [3.63, 3.8) is 0 Å². The van der Waals surface area contributed by atoms with E-state index in [-0.39, 0.29) is 23.8 Å². The predicted octanol–water partition coefficient (Wildman–Crippen LogP) is 4.81. The highest BCUT2D eigenvalue weighted by Gasteiger charge is 2.28. The fourth-order valence-electron chi connectivity index (χ4n) is 3.43. The highest BCUT2D eigenvalue weighted by Crippen LogP contribution is 2.19. The lowest BCUT2D eigenvalue weighted by atomic mass is 9.97. The summed E-state index contributed by atoms with van der Waals surface area (Å²) in [4.78, 5) is 39.8. The smallest absolute Gasteiger partial charge is 0.410 e. The number of rotatable bonds is 4. The maximum absolute atomic E-state index is 13.0. The number of carbonyl (C=O) groups is 3. The van der Waals surface area contributed by atoms with Gasteiger partial charge in [-0.2, -0.15) is 0 Å². The van der Waals surface area contributed by atoms with Crippen molar-refractivity contribution in [3.05, 3.63) is 69.7 Å². The molecule has 0 radical (unpaired) electrons. The van der Waals surface area contributed by atoms with Crippen molar-refractivity contribution in [3.8, 4) is 0 Å². The molecule has 2 aromatic carbocycles. The van der Waals surface area contributed by atoms with E-state index >= 15 is 0 Å². The molecule has 3 rings (SSSR count). The summed E-state index contributed by atoms with van der Waals surface area (Å²) in [6.07, 6.45) is 0.935. The number of nitrogens with one attached hydrogen (secondary N) is 1. The Kier molecular flexibility index (Phi) is 7.15. The second kappa shape index (κ2) is 9.64. The zero-order valence-corrected chi connectivity index (χ0v) is 19.6. The fourth-order valence-corrected chi connectivity index (χ4v) is 3.70. The number of piperidine rings is 1. The second-order valence-electron chi connectivity index (χ2n) is 8.60. The van der Waals surface area contributed by atoms with Gasteiger partial charge in [0, 0.05) is 34.7 Å². The van der Waals surface area contributed by atoms with Gasteiger partial charge in [0.25, 0.3) is 5.91 Å². The van der Waals surface area contributed by atoms with Crippen LogP contribution in [0.25, 0.3) is 0 Å². The SMILES string of the molecule is CC(C)(C)OC(=O)N1CCC(NC(=O)c2ccccc2C(=O)c2ccc(Br)cc2)CC1. The summed E-state index contributed by atoms with van der Waals surface area (Å²) in [6.45, 7) is 6.54. The van der Waals surface area contributed by atoms with Crippen LogP contribution in [-0.2, 0) is 4.74 Å². The van der Waals surface area contributed by atoms with E-state index in [1.54, 1.807) is 53.4 Å². The molecule has 0 aliphatic carbocycles. The summed E-state index contributed by atoms with van der Waals surface area (Å²) >= 11 is 3.36. The van der Waals surface area contributed by atoms with Crippen LogP contribution in [0.5, 0.6) is 0 Å². The van der Waals surface area contributed by atoms with Crippen LogP contribution in [0, 0.1) is 0 Å². The number of hydrogen-bond donors (Lipinski definition) is 1. The molecule has 2 amide bonds. The third kappa shape index (κ3) is 6.17. The summed E-state index contributed by atoms with van der Waals surface area (Å²) in [5.41, 5.74) is 0.709. The van der Waals surface area contributed by atoms with Gasteiger partial charge < -0.3 is 15.0 Å². The lowest BCUT2D eigenvalue weighted by Crippen LogP contribution is -2.48. The van der Waals surface area contributed by atoms with E-state index in [0.29, 0.717) is 42.6 Å². The molecule has 7 heteroatoms. The van der Waals surface area contributed by atoms with Crippen molar-refractivity contribution >= 4 is 33.7 Å². The average Bonchev–Trinajstić information content (AvgIpc) is 2.73. The summed E-state index contributed by atoms with van der Waals surface area (Å²) in [7, 11) is 0. The first-order valence-electron chi connectivity index (χ1n) is 10.3. The Morgan fingerprint density at radius 1 is 0.968 bits per heavy atom. The van der Waals surface area contributed by atoms with Crippen LogP contribution in [-0.4, -0.2) is 47.4 Å². The highest BCUT2D eigenvalue weighted by molar-refractivity contribution is 9.10. The van der Waals surface area contributed by atoms with Gasteiger partial charge in [-0.25, -0.2) is 4.79 Å². The summed E-state index contributed by atoms with van der Waals surface area (Å²) in [6, 6.07) is 13.8. The van der Waals surface area contributed by atoms with Gasteiger partial charge in [0.2, 0.25) is 0 Å². The van der Waals surface area contributed by atoms with Gasteiger partial charge in [0.05, 0.1) is 5.56 Å². The topological polar surface area (TPSA) is 75.7 Å². The molecule has 1 aliphatic rings. The van der Waals surface area contributed by atoms with Crippen molar-refractivity contribution in [1.82, 2.24) is 10.2 Å². The number of halogens is 1. The third-order valence-electron chi connectivity index (χ3n) is 5.00. The first-order chi connectivity index (χ1) is 14.6. The number of ether oxygens (including phenoxy) is 1. The van der Waals surface area contributed by atoms with Crippen molar-refractivity contribution in [2.75, 3.05) is 13.1 Å². The molecule has 0 atom stereocenters. The molecule has 2 aromatic rings. The van der Waals surface area contributed by atoms with Crippen LogP contribution in [0.4, 0.5) is 4.79 Å². The lowest BCUT2D eigenvalue weighted by Gasteiger charge is -2.33. The molecule has 1 heterocycles. The van der Waals surface area contributed by atoms with Crippen LogP contribution in [0.1, 0.15) is 59.9 Å². The maximum atomic E-state index is 13.0. The first-order valence-corrected chi connectivity index (χ1v) is 11.1. The van der Waals surface area contributed by atoms with E-state index in [1.165, 1.54) is 0 Å². The van der Waals surface area contributed by atoms with Crippen LogP contribution in [0.2, 0.25) is 0 Å². The minimum Gasteiger partial charge on any atom is -0.444 e. The van der Waals surface area contributed by atoms with Crippen LogP contribution < -0.4 is 5.32 Å². The number of hydrogen-bond acceptors (Lipinski definition) is 4. The van der Waals surface area contributed by atoms with Gasteiger partial charge in [-0.05, 0) is 63.9 Å². The zero-order chi connectivity index (χ0) is 22.6. The van der Waals surface area contributed by atoms with Crippen molar-refractivity contribution < 1.29 is 19.1 Å². The van der Waals surface area contributed by atoms with Crippen molar-refractivity contribution in [1.29, 1.82) is 0 Å². The molecular formula is C24H27BrN2O4. The average molecular weight is 487 g/mol. The molecule has 1 saturated heterocycles. The summed E-state index contributed by atoms with van der Waals surface area (Å²) < 4.78 is 6.30. The normalized spacial score (nSPS) is 14.8. The third-order valence-corrected chi connectivity index (χ3v) is 5.53. The molecule has 0 aromatic heterocycles. The Balaban J connectivity index is 1.64. The Hall–Kier alpha value is -2.67. The number of nitrogens with zero attached hydrogens (tertiary/aromatic N) is 1. The molecule has 1 aliphatic heterocycles. The summed E-state index contributed by atoms with van der Waals surface area (Å²) in [5, 5.41) is 3.02. The minimum absolute atomic E-state index is 0.0676. The van der Waals surface area contributed by atoms with Gasteiger partial charge >= 0.3 is 6.09 Å². The van der Waals surface area contributed by atoms with Gasteiger partial charge in [0.15, 0.2) is 5.78 Å². The van der Waals surface area contributed by atoms with Gasteiger partial charge in [-0.3, -0.25) is 9.59 Å². The highest BCUT2D eigenvalue weighted by atomic mass is 79.9. The van der Waals surface area contributed by atoms with Crippen molar-refractivity contribution in [2.24, 2.45) is 0 Å².